The van der Waals surface area contributed by atoms with Gasteiger partial charge in [-0.2, -0.15) is 0 Å². The zero-order chi connectivity index (χ0) is 21.0. The van der Waals surface area contributed by atoms with Crippen LogP contribution < -0.4 is 10.1 Å². The molecule has 0 spiro atoms. The van der Waals surface area contributed by atoms with Crippen LogP contribution in [0.2, 0.25) is 0 Å². The second-order valence-corrected chi connectivity index (χ2v) is 9.26. The Bertz CT molecular complexity index is 898. The van der Waals surface area contributed by atoms with Gasteiger partial charge in [-0.3, -0.25) is 14.9 Å². The summed E-state index contributed by atoms with van der Waals surface area (Å²) in [6.07, 6.45) is 0.575. The van der Waals surface area contributed by atoms with Gasteiger partial charge in [-0.05, 0) is 44.7 Å². The van der Waals surface area contributed by atoms with E-state index >= 15 is 0 Å². The molecule has 8 heteroatoms. The van der Waals surface area contributed by atoms with Gasteiger partial charge in [0.05, 0.1) is 5.56 Å². The molecule has 1 heterocycles. The monoisotopic (exact) mass is 417 g/mol. The predicted molar refractivity (Wildman–Crippen MR) is 111 cm³/mol. The first-order chi connectivity index (χ1) is 14.0. The molecule has 2 aromatic rings. The van der Waals surface area contributed by atoms with E-state index in [4.69, 9.17) is 18.0 Å². The van der Waals surface area contributed by atoms with Crippen LogP contribution in [0.4, 0.5) is 0 Å². The molecule has 1 aliphatic heterocycles. The number of benzene rings is 2. The summed E-state index contributed by atoms with van der Waals surface area (Å²) in [6, 6.07) is 8.97. The fourth-order valence-corrected chi connectivity index (χ4v) is 6.46. The van der Waals surface area contributed by atoms with E-state index in [1.165, 1.54) is 0 Å². The van der Waals surface area contributed by atoms with Crippen LogP contribution in [0.5, 0.6) is 5.75 Å². The largest absolute Gasteiger partial charge is 0.543 e. The minimum Gasteiger partial charge on any atom is -0.485 e. The van der Waals surface area contributed by atoms with Crippen molar-refractivity contribution in [2.45, 2.75) is 39.8 Å². The van der Waals surface area contributed by atoms with Gasteiger partial charge in [-0.25, -0.2) is 0 Å². The molecule has 156 valence electrons. The molecule has 2 amide bonds. The molecule has 7 nitrogen and oxygen atoms in total. The van der Waals surface area contributed by atoms with Crippen LogP contribution in [-0.2, 0) is 13.3 Å². The van der Waals surface area contributed by atoms with E-state index in [0.717, 1.165) is 5.39 Å². The van der Waals surface area contributed by atoms with E-state index in [-0.39, 0.29) is 0 Å². The Morgan fingerprint density at radius 1 is 0.897 bits per heavy atom. The van der Waals surface area contributed by atoms with Gasteiger partial charge in [0, 0.05) is 30.8 Å². The smallest absolute Gasteiger partial charge is 0.485 e. The van der Waals surface area contributed by atoms with E-state index in [1.807, 2.05) is 39.8 Å². The highest BCUT2D eigenvalue weighted by molar-refractivity contribution is 6.62. The Morgan fingerprint density at radius 3 is 2.14 bits per heavy atom. The lowest BCUT2D eigenvalue weighted by atomic mass is 9.94. The van der Waals surface area contributed by atoms with Crippen molar-refractivity contribution in [1.29, 1.82) is 0 Å². The van der Waals surface area contributed by atoms with Gasteiger partial charge in [0.1, 0.15) is 5.75 Å². The number of hydrogen-bond donors (Lipinski definition) is 1. The fraction of sp³-hybridized carbons (Fsp3) is 0.429. The van der Waals surface area contributed by atoms with Crippen LogP contribution in [0.15, 0.2) is 30.3 Å². The van der Waals surface area contributed by atoms with Gasteiger partial charge in [0.2, 0.25) is 0 Å². The highest BCUT2D eigenvalue weighted by Gasteiger charge is 2.51. The van der Waals surface area contributed by atoms with E-state index in [2.05, 4.69) is 5.32 Å². The molecule has 0 radical (unpaired) electrons. The van der Waals surface area contributed by atoms with Crippen molar-refractivity contribution < 1.29 is 27.6 Å². The molecule has 2 aromatic carbocycles. The normalized spacial score (nSPS) is 14.8. The zero-order valence-electron chi connectivity index (χ0n) is 17.2. The van der Waals surface area contributed by atoms with Crippen molar-refractivity contribution >= 4 is 31.4 Å². The third kappa shape index (κ3) is 3.93. The van der Waals surface area contributed by atoms with Gasteiger partial charge in [0.15, 0.2) is 5.73 Å². The van der Waals surface area contributed by atoms with Gasteiger partial charge >= 0.3 is 8.80 Å². The van der Waals surface area contributed by atoms with E-state index in [1.54, 1.807) is 18.2 Å². The number of carbonyl (C=O) groups excluding carboxylic acids is 2. The Morgan fingerprint density at radius 2 is 1.55 bits per heavy atom. The Labute approximate surface area is 171 Å². The topological polar surface area (TPSA) is 83.1 Å². The first-order valence-corrected chi connectivity index (χ1v) is 11.8. The standard InChI is InChI=1S/C21H27NO6Si/c1-5-17(29(25-6-2,26-7-3)27-8-4)28-16-13-12-14-10-9-11-15-18(14)19(16)21(24)22-20(15)23/h9-13,17H,5-8H2,1-4H3,(H,22,23,24). The molecule has 0 saturated carbocycles. The first kappa shape index (κ1) is 21.4. The van der Waals surface area contributed by atoms with Crippen LogP contribution in [0.3, 0.4) is 0 Å². The Hall–Kier alpha value is -2.26. The van der Waals surface area contributed by atoms with Gasteiger partial charge < -0.3 is 18.0 Å². The molecule has 29 heavy (non-hydrogen) atoms. The summed E-state index contributed by atoms with van der Waals surface area (Å²) >= 11 is 0. The number of hydrogen-bond acceptors (Lipinski definition) is 6. The molecule has 0 aliphatic carbocycles. The molecule has 1 atom stereocenters. The molecule has 1 aliphatic rings. The summed E-state index contributed by atoms with van der Waals surface area (Å²) < 4.78 is 24.3. The summed E-state index contributed by atoms with van der Waals surface area (Å²) in [6.45, 7) is 8.90. The van der Waals surface area contributed by atoms with E-state index in [0.29, 0.717) is 48.5 Å². The maximum absolute atomic E-state index is 12.7. The number of carbonyl (C=O) groups is 2. The second-order valence-electron chi connectivity index (χ2n) is 6.54. The lowest BCUT2D eigenvalue weighted by Gasteiger charge is -2.35. The number of ether oxygens (including phenoxy) is 1. The molecule has 1 unspecified atom stereocenters. The van der Waals surface area contributed by atoms with Crippen molar-refractivity contribution in [1.82, 2.24) is 5.32 Å². The zero-order valence-corrected chi connectivity index (χ0v) is 18.2. The van der Waals surface area contributed by atoms with Crippen molar-refractivity contribution in [3.05, 3.63) is 41.5 Å². The van der Waals surface area contributed by atoms with Crippen LogP contribution in [0, 0.1) is 0 Å². The molecular formula is C21H27NO6Si. The highest BCUT2D eigenvalue weighted by Crippen LogP contribution is 2.35. The summed E-state index contributed by atoms with van der Waals surface area (Å²) in [5.74, 6) is -0.489. The molecule has 0 aromatic heterocycles. The maximum Gasteiger partial charge on any atom is 0.543 e. The SMILES string of the molecule is CCO[Si](OCC)(OCC)C(CC)Oc1ccc2cccc3c2c1C(=O)NC3=O. The second kappa shape index (κ2) is 9.04. The summed E-state index contributed by atoms with van der Waals surface area (Å²) in [4.78, 5) is 25.0. The van der Waals surface area contributed by atoms with Crippen molar-refractivity contribution in [2.75, 3.05) is 19.8 Å². The highest BCUT2D eigenvalue weighted by atomic mass is 28.4. The maximum atomic E-state index is 12.7. The quantitative estimate of drug-likeness (QED) is 0.471. The molecule has 1 N–H and O–H groups in total. The fourth-order valence-electron chi connectivity index (χ4n) is 3.67. The predicted octanol–water partition coefficient (Wildman–Crippen LogP) is 3.47. The van der Waals surface area contributed by atoms with Gasteiger partial charge in [-0.15, -0.1) is 0 Å². The number of nitrogens with one attached hydrogen (secondary N) is 1. The third-order valence-corrected chi connectivity index (χ3v) is 8.16. The van der Waals surface area contributed by atoms with Crippen molar-refractivity contribution in [2.24, 2.45) is 0 Å². The molecule has 0 saturated heterocycles. The van der Waals surface area contributed by atoms with Crippen LogP contribution in [0.1, 0.15) is 54.8 Å². The van der Waals surface area contributed by atoms with Gasteiger partial charge in [0.25, 0.3) is 11.8 Å². The van der Waals surface area contributed by atoms with Crippen molar-refractivity contribution in [3.8, 4) is 5.75 Å². The molecule has 0 fully saturated rings. The van der Waals surface area contributed by atoms with Crippen LogP contribution >= 0.6 is 0 Å². The van der Waals surface area contributed by atoms with Gasteiger partial charge in [-0.1, -0.05) is 25.1 Å². The minimum absolute atomic E-state index is 0.351. The average molecular weight is 418 g/mol. The van der Waals surface area contributed by atoms with Crippen LogP contribution in [0.25, 0.3) is 10.8 Å². The molecule has 0 bridgehead atoms. The minimum atomic E-state index is -3.16. The first-order valence-electron chi connectivity index (χ1n) is 10.0. The summed E-state index contributed by atoms with van der Waals surface area (Å²) in [7, 11) is -3.16. The van der Waals surface area contributed by atoms with Crippen molar-refractivity contribution in [3.63, 3.8) is 0 Å². The molecule has 3 rings (SSSR count). The number of imide groups is 1. The number of amides is 2. The number of rotatable bonds is 10. The van der Waals surface area contributed by atoms with E-state index < -0.39 is 26.3 Å². The Kier molecular flexibility index (Phi) is 6.69. The van der Waals surface area contributed by atoms with E-state index in [9.17, 15) is 9.59 Å². The average Bonchev–Trinajstić information content (AvgIpc) is 2.70. The lowest BCUT2D eigenvalue weighted by Crippen LogP contribution is -2.58. The lowest BCUT2D eigenvalue weighted by molar-refractivity contribution is 0.0280. The Balaban J connectivity index is 2.10. The summed E-state index contributed by atoms with van der Waals surface area (Å²) in [5.41, 5.74) is 0.315. The summed E-state index contributed by atoms with van der Waals surface area (Å²) in [5, 5.41) is 3.81. The van der Waals surface area contributed by atoms with Crippen LogP contribution in [-0.4, -0.2) is 46.2 Å². The molecular weight excluding hydrogens is 390 g/mol. The third-order valence-electron chi connectivity index (χ3n) is 4.78.